The van der Waals surface area contributed by atoms with E-state index in [1.807, 2.05) is 29.3 Å². The summed E-state index contributed by atoms with van der Waals surface area (Å²) in [5, 5.41) is 12.0. The van der Waals surface area contributed by atoms with Crippen molar-refractivity contribution in [3.8, 4) is 0 Å². The van der Waals surface area contributed by atoms with Gasteiger partial charge in [0.25, 0.3) is 11.8 Å². The highest BCUT2D eigenvalue weighted by atomic mass is 35.5. The first kappa shape index (κ1) is 19.2. The molecule has 28 heavy (non-hydrogen) atoms. The summed E-state index contributed by atoms with van der Waals surface area (Å²) < 4.78 is 0. The number of aliphatic hydroxyl groups is 1. The van der Waals surface area contributed by atoms with Gasteiger partial charge in [0.2, 0.25) is 0 Å². The number of rotatable bonds is 4. The maximum atomic E-state index is 13.5. The van der Waals surface area contributed by atoms with E-state index in [0.29, 0.717) is 40.6 Å². The van der Waals surface area contributed by atoms with Crippen LogP contribution < -0.4 is 4.90 Å². The van der Waals surface area contributed by atoms with Crippen molar-refractivity contribution >= 4 is 46.0 Å². The number of carbonyl (C=O) groups excluding carboxylic acids is 2. The SMILES string of the molecule is Cc1c(Cl)cccc1N1C(=O)C(c2cccs2)=C(N2CCCC(CO)C2)C1=O. The zero-order valence-corrected chi connectivity index (χ0v) is 17.1. The Morgan fingerprint density at radius 3 is 2.75 bits per heavy atom. The number of imide groups is 1. The van der Waals surface area contributed by atoms with Crippen molar-refractivity contribution < 1.29 is 14.7 Å². The molecule has 1 aromatic heterocycles. The normalized spacial score (nSPS) is 20.5. The number of piperidine rings is 1. The number of nitrogens with zero attached hydrogens (tertiary/aromatic N) is 2. The molecule has 1 atom stereocenters. The molecule has 4 rings (SSSR count). The van der Waals surface area contributed by atoms with E-state index in [1.165, 1.54) is 16.2 Å². The molecule has 2 aliphatic heterocycles. The topological polar surface area (TPSA) is 60.9 Å². The third-order valence-electron chi connectivity index (χ3n) is 5.40. The van der Waals surface area contributed by atoms with Gasteiger partial charge in [-0.05, 0) is 54.8 Å². The molecule has 1 saturated heterocycles. The molecule has 0 bridgehead atoms. The molecular weight excluding hydrogens is 396 g/mol. The number of likely N-dealkylation sites (tertiary alicyclic amines) is 1. The van der Waals surface area contributed by atoms with Gasteiger partial charge >= 0.3 is 0 Å². The third kappa shape index (κ3) is 3.15. The minimum atomic E-state index is -0.322. The highest BCUT2D eigenvalue weighted by Crippen LogP contribution is 2.39. The molecule has 1 aromatic carbocycles. The van der Waals surface area contributed by atoms with Gasteiger partial charge in [0.05, 0.1) is 11.3 Å². The largest absolute Gasteiger partial charge is 0.396 e. The lowest BCUT2D eigenvalue weighted by molar-refractivity contribution is -0.120. The van der Waals surface area contributed by atoms with Crippen LogP contribution in [-0.4, -0.2) is 41.5 Å². The smallest absolute Gasteiger partial charge is 0.282 e. The standard InChI is InChI=1S/C21H21ClN2O3S/c1-13-15(22)6-2-7-16(13)24-20(26)18(17-8-4-10-28-17)19(21(24)27)23-9-3-5-14(11-23)12-25/h2,4,6-8,10,14,25H,3,5,9,11-12H2,1H3. The van der Waals surface area contributed by atoms with Crippen LogP contribution in [-0.2, 0) is 9.59 Å². The Morgan fingerprint density at radius 1 is 1.21 bits per heavy atom. The fourth-order valence-corrected chi connectivity index (χ4v) is 4.86. The van der Waals surface area contributed by atoms with Gasteiger partial charge in [-0.15, -0.1) is 11.3 Å². The summed E-state index contributed by atoms with van der Waals surface area (Å²) >= 11 is 7.69. The summed E-state index contributed by atoms with van der Waals surface area (Å²) in [4.78, 5) is 30.9. The van der Waals surface area contributed by atoms with Crippen LogP contribution in [0.25, 0.3) is 5.57 Å². The highest BCUT2D eigenvalue weighted by Gasteiger charge is 2.44. The van der Waals surface area contributed by atoms with Crippen LogP contribution in [0.5, 0.6) is 0 Å². The zero-order valence-electron chi connectivity index (χ0n) is 15.5. The van der Waals surface area contributed by atoms with Gasteiger partial charge in [-0.25, -0.2) is 4.90 Å². The van der Waals surface area contributed by atoms with Crippen molar-refractivity contribution in [2.24, 2.45) is 5.92 Å². The first-order chi connectivity index (χ1) is 13.5. The fourth-order valence-electron chi connectivity index (χ4n) is 3.93. The molecule has 3 heterocycles. The molecule has 1 unspecified atom stereocenters. The van der Waals surface area contributed by atoms with E-state index in [-0.39, 0.29) is 24.3 Å². The average Bonchev–Trinajstić information content (AvgIpc) is 3.31. The number of hydrogen-bond donors (Lipinski definition) is 1. The van der Waals surface area contributed by atoms with Gasteiger partial charge in [0.15, 0.2) is 0 Å². The molecule has 146 valence electrons. The van der Waals surface area contributed by atoms with Gasteiger partial charge in [-0.1, -0.05) is 23.7 Å². The Kier molecular flexibility index (Phi) is 5.27. The summed E-state index contributed by atoms with van der Waals surface area (Å²) in [6.45, 7) is 3.16. The number of aliphatic hydroxyl groups excluding tert-OH is 1. The maximum Gasteiger partial charge on any atom is 0.282 e. The summed E-state index contributed by atoms with van der Waals surface area (Å²) in [5.41, 5.74) is 2.09. The van der Waals surface area contributed by atoms with Crippen LogP contribution >= 0.6 is 22.9 Å². The number of thiophene rings is 1. The van der Waals surface area contributed by atoms with E-state index in [0.717, 1.165) is 17.7 Å². The van der Waals surface area contributed by atoms with E-state index in [9.17, 15) is 14.7 Å². The van der Waals surface area contributed by atoms with Gasteiger partial charge in [-0.3, -0.25) is 9.59 Å². The van der Waals surface area contributed by atoms with Crippen LogP contribution in [0, 0.1) is 12.8 Å². The summed E-state index contributed by atoms with van der Waals surface area (Å²) in [7, 11) is 0. The van der Waals surface area contributed by atoms with Crippen molar-refractivity contribution in [2.75, 3.05) is 24.6 Å². The van der Waals surface area contributed by atoms with Crippen molar-refractivity contribution in [1.29, 1.82) is 0 Å². The second-order valence-corrected chi connectivity index (χ2v) is 8.52. The molecule has 2 amide bonds. The van der Waals surface area contributed by atoms with Crippen LogP contribution in [0.15, 0.2) is 41.4 Å². The van der Waals surface area contributed by atoms with Gasteiger partial charge in [0.1, 0.15) is 5.70 Å². The van der Waals surface area contributed by atoms with Crippen LogP contribution in [0.2, 0.25) is 5.02 Å². The molecule has 5 nitrogen and oxygen atoms in total. The minimum Gasteiger partial charge on any atom is -0.396 e. The Labute approximate surface area is 172 Å². The van der Waals surface area contributed by atoms with Gasteiger partial charge in [-0.2, -0.15) is 0 Å². The number of amides is 2. The zero-order chi connectivity index (χ0) is 19.8. The molecule has 2 aliphatic rings. The summed E-state index contributed by atoms with van der Waals surface area (Å²) in [5.74, 6) is -0.535. The minimum absolute atomic E-state index is 0.0807. The Balaban J connectivity index is 1.81. The van der Waals surface area contributed by atoms with Crippen molar-refractivity contribution in [3.63, 3.8) is 0 Å². The van der Waals surface area contributed by atoms with E-state index in [1.54, 1.807) is 18.2 Å². The first-order valence-electron chi connectivity index (χ1n) is 9.30. The summed E-state index contributed by atoms with van der Waals surface area (Å²) in [6, 6.07) is 8.99. The van der Waals surface area contributed by atoms with Crippen molar-refractivity contribution in [1.82, 2.24) is 4.90 Å². The third-order valence-corrected chi connectivity index (χ3v) is 6.70. The van der Waals surface area contributed by atoms with Crippen molar-refractivity contribution in [3.05, 3.63) is 56.9 Å². The molecule has 0 aliphatic carbocycles. The monoisotopic (exact) mass is 416 g/mol. The predicted octanol–water partition coefficient (Wildman–Crippen LogP) is 3.70. The van der Waals surface area contributed by atoms with Crippen LogP contribution in [0.4, 0.5) is 5.69 Å². The lowest BCUT2D eigenvalue weighted by Crippen LogP contribution is -2.40. The van der Waals surface area contributed by atoms with Crippen LogP contribution in [0.1, 0.15) is 23.3 Å². The fraction of sp³-hybridized carbons (Fsp3) is 0.333. The van der Waals surface area contributed by atoms with E-state index >= 15 is 0 Å². The number of anilines is 1. The molecule has 0 radical (unpaired) electrons. The Bertz CT molecular complexity index is 955. The van der Waals surface area contributed by atoms with Crippen LogP contribution in [0.3, 0.4) is 0 Å². The quantitative estimate of drug-likeness (QED) is 0.772. The maximum absolute atomic E-state index is 13.5. The number of benzene rings is 1. The lowest BCUT2D eigenvalue weighted by atomic mass is 9.98. The summed E-state index contributed by atoms with van der Waals surface area (Å²) in [6.07, 6.45) is 1.80. The van der Waals surface area contributed by atoms with E-state index < -0.39 is 0 Å². The predicted molar refractivity (Wildman–Crippen MR) is 111 cm³/mol. The molecule has 1 fully saturated rings. The Hall–Kier alpha value is -2.15. The molecule has 0 saturated carbocycles. The lowest BCUT2D eigenvalue weighted by Gasteiger charge is -2.34. The second kappa shape index (κ2) is 7.70. The number of carbonyl (C=O) groups is 2. The highest BCUT2D eigenvalue weighted by molar-refractivity contribution is 7.11. The molecule has 2 aromatic rings. The van der Waals surface area contributed by atoms with E-state index in [4.69, 9.17) is 11.6 Å². The molecule has 0 spiro atoms. The number of halogens is 1. The Morgan fingerprint density at radius 2 is 2.04 bits per heavy atom. The second-order valence-electron chi connectivity index (χ2n) is 7.17. The first-order valence-corrected chi connectivity index (χ1v) is 10.6. The molecule has 1 N–H and O–H groups in total. The van der Waals surface area contributed by atoms with Gasteiger partial charge in [0, 0.05) is 29.6 Å². The molecular formula is C21H21ClN2O3S. The van der Waals surface area contributed by atoms with Crippen molar-refractivity contribution in [2.45, 2.75) is 19.8 Å². The van der Waals surface area contributed by atoms with Gasteiger partial charge < -0.3 is 10.0 Å². The van der Waals surface area contributed by atoms with E-state index in [2.05, 4.69) is 0 Å². The number of hydrogen-bond acceptors (Lipinski definition) is 5. The average molecular weight is 417 g/mol. The molecule has 7 heteroatoms.